The van der Waals surface area contributed by atoms with Gasteiger partial charge in [0.15, 0.2) is 0 Å². The summed E-state index contributed by atoms with van der Waals surface area (Å²) >= 11 is 4.00. The second kappa shape index (κ2) is 3.42. The number of thiol groups is 1. The first kappa shape index (κ1) is 9.49. The monoisotopic (exact) mass is 201 g/mol. The predicted octanol–water partition coefficient (Wildman–Crippen LogP) is 1.69. The van der Waals surface area contributed by atoms with E-state index in [0.717, 1.165) is 10.9 Å². The van der Waals surface area contributed by atoms with Crippen molar-refractivity contribution in [3.63, 3.8) is 0 Å². The number of benzene rings is 1. The van der Waals surface area contributed by atoms with E-state index in [1.165, 1.54) is 6.07 Å². The van der Waals surface area contributed by atoms with E-state index in [4.69, 9.17) is 0 Å². The van der Waals surface area contributed by atoms with Crippen molar-refractivity contribution in [2.45, 2.75) is 11.8 Å². The van der Waals surface area contributed by atoms with Crippen molar-refractivity contribution in [3.8, 4) is 0 Å². The van der Waals surface area contributed by atoms with Gasteiger partial charge in [-0.25, -0.2) is 0 Å². The van der Waals surface area contributed by atoms with E-state index in [9.17, 15) is 10.1 Å². The Bertz CT molecular complexity index is 340. The van der Waals surface area contributed by atoms with Gasteiger partial charge < -0.3 is 0 Å². The molecule has 64 valence electrons. The van der Waals surface area contributed by atoms with Crippen molar-refractivity contribution in [1.82, 2.24) is 0 Å². The molecule has 0 heterocycles. The molecule has 1 aromatic carbocycles. The molecule has 0 saturated carbocycles. The zero-order valence-corrected chi connectivity index (χ0v) is 8.49. The third-order valence-corrected chi connectivity index (χ3v) is 2.54. The molecule has 0 spiro atoms. The number of nitrogens with zero attached hydrogens (tertiary/aromatic N) is 1. The third-order valence-electron chi connectivity index (χ3n) is 1.56. The Morgan fingerprint density at radius 3 is 2.67 bits per heavy atom. The maximum absolute atomic E-state index is 10.4. The van der Waals surface area contributed by atoms with Gasteiger partial charge in [-0.05, 0) is 23.9 Å². The van der Waals surface area contributed by atoms with E-state index >= 15 is 0 Å². The fourth-order valence-electron chi connectivity index (χ4n) is 0.844. The van der Waals surface area contributed by atoms with Gasteiger partial charge in [-0.15, -0.1) is 21.9 Å². The van der Waals surface area contributed by atoms with E-state index in [1.54, 1.807) is 6.07 Å². The second-order valence-corrected chi connectivity index (χ2v) is 3.56. The molecule has 1 aromatic rings. The van der Waals surface area contributed by atoms with Gasteiger partial charge >= 0.3 is 0 Å². The normalized spacial score (nSPS) is 9.92. The fraction of sp³-hybridized carbons (Fsp3) is 0.143. The molecule has 1 rings (SSSR count). The van der Waals surface area contributed by atoms with Crippen LogP contribution in [0.5, 0.6) is 0 Å². The van der Waals surface area contributed by atoms with Gasteiger partial charge in [0, 0.05) is 6.07 Å². The van der Waals surface area contributed by atoms with Gasteiger partial charge in [0.25, 0.3) is 5.69 Å². The van der Waals surface area contributed by atoms with Crippen LogP contribution in [0.15, 0.2) is 17.0 Å². The van der Waals surface area contributed by atoms with Crippen LogP contribution < -0.4 is 5.30 Å². The molecule has 0 aliphatic rings. The number of aryl methyl sites for hydroxylation is 1. The summed E-state index contributed by atoms with van der Waals surface area (Å²) in [5.41, 5.74) is 1.03. The molecule has 3 nitrogen and oxygen atoms in total. The summed E-state index contributed by atoms with van der Waals surface area (Å²) in [6.07, 6.45) is 0. The standard InChI is InChI=1S/C7H8NO2PS/c1-4-2-7(12)5(8(9)10)3-6(4)11/h2-3,12H,11H2,1H3. The molecule has 0 radical (unpaired) electrons. The average Bonchev–Trinajstić information content (AvgIpc) is 1.96. The first-order valence-corrected chi connectivity index (χ1v) is 4.28. The fourth-order valence-corrected chi connectivity index (χ4v) is 1.42. The molecule has 1 atom stereocenters. The van der Waals surface area contributed by atoms with Crippen LogP contribution in [0.1, 0.15) is 5.56 Å². The Morgan fingerprint density at radius 2 is 2.17 bits per heavy atom. The molecule has 0 aliphatic heterocycles. The molecule has 5 heteroatoms. The van der Waals surface area contributed by atoms with E-state index in [1.807, 2.05) is 6.92 Å². The van der Waals surface area contributed by atoms with Crippen LogP contribution in [0.3, 0.4) is 0 Å². The van der Waals surface area contributed by atoms with Crippen LogP contribution in [0, 0.1) is 17.0 Å². The van der Waals surface area contributed by atoms with Crippen molar-refractivity contribution in [1.29, 1.82) is 0 Å². The second-order valence-electron chi connectivity index (χ2n) is 2.45. The van der Waals surface area contributed by atoms with Gasteiger partial charge in [-0.1, -0.05) is 0 Å². The van der Waals surface area contributed by atoms with Gasteiger partial charge in [0.2, 0.25) is 0 Å². The van der Waals surface area contributed by atoms with Crippen LogP contribution in [0.2, 0.25) is 0 Å². The minimum absolute atomic E-state index is 0.0499. The van der Waals surface area contributed by atoms with Gasteiger partial charge in [0.05, 0.1) is 9.82 Å². The minimum atomic E-state index is -0.435. The Labute approximate surface area is 77.9 Å². The topological polar surface area (TPSA) is 43.1 Å². The van der Waals surface area contributed by atoms with Gasteiger partial charge in [-0.2, -0.15) is 0 Å². The molecule has 0 fully saturated rings. The molecule has 1 unspecified atom stereocenters. The lowest BCUT2D eigenvalue weighted by Crippen LogP contribution is -2.00. The van der Waals surface area contributed by atoms with Crippen molar-refractivity contribution in [2.75, 3.05) is 0 Å². The lowest BCUT2D eigenvalue weighted by atomic mass is 10.2. The van der Waals surface area contributed by atoms with Crippen LogP contribution in [0.25, 0.3) is 0 Å². The quantitative estimate of drug-likeness (QED) is 0.325. The van der Waals surface area contributed by atoms with Crippen LogP contribution in [-0.4, -0.2) is 4.92 Å². The highest BCUT2D eigenvalue weighted by atomic mass is 32.1. The summed E-state index contributed by atoms with van der Waals surface area (Å²) in [5.74, 6) is 0. The molecular formula is C7H8NO2PS. The first-order valence-electron chi connectivity index (χ1n) is 3.26. The minimum Gasteiger partial charge on any atom is -0.258 e. The lowest BCUT2D eigenvalue weighted by Gasteiger charge is -2.01. The maximum Gasteiger partial charge on any atom is 0.283 e. The van der Waals surface area contributed by atoms with Crippen LogP contribution in [-0.2, 0) is 0 Å². The Balaban J connectivity index is 3.33. The zero-order chi connectivity index (χ0) is 9.30. The molecule has 0 aliphatic carbocycles. The highest BCUT2D eigenvalue weighted by Crippen LogP contribution is 2.22. The smallest absolute Gasteiger partial charge is 0.258 e. The highest BCUT2D eigenvalue weighted by molar-refractivity contribution is 7.80. The van der Waals surface area contributed by atoms with E-state index in [0.29, 0.717) is 4.90 Å². The number of rotatable bonds is 1. The van der Waals surface area contributed by atoms with Gasteiger partial charge in [-0.3, -0.25) is 10.1 Å². The van der Waals surface area contributed by atoms with E-state index in [2.05, 4.69) is 21.9 Å². The number of nitro groups is 1. The summed E-state index contributed by atoms with van der Waals surface area (Å²) in [7, 11) is 2.45. The lowest BCUT2D eigenvalue weighted by molar-refractivity contribution is -0.387. The summed E-state index contributed by atoms with van der Waals surface area (Å²) in [6.45, 7) is 1.88. The number of nitro benzene ring substituents is 1. The first-order chi connectivity index (χ1) is 5.52. The van der Waals surface area contributed by atoms with Crippen LogP contribution in [0.4, 0.5) is 5.69 Å². The van der Waals surface area contributed by atoms with Crippen molar-refractivity contribution < 1.29 is 4.92 Å². The highest BCUT2D eigenvalue weighted by Gasteiger charge is 2.11. The Kier molecular flexibility index (Phi) is 2.70. The summed E-state index contributed by atoms with van der Waals surface area (Å²) < 4.78 is 0. The molecule has 0 saturated heterocycles. The van der Waals surface area contributed by atoms with Crippen molar-refractivity contribution in [2.24, 2.45) is 0 Å². The Hall–Kier alpha value is -0.600. The number of hydrogen-bond acceptors (Lipinski definition) is 3. The zero-order valence-electron chi connectivity index (χ0n) is 6.44. The summed E-state index contributed by atoms with van der Waals surface area (Å²) in [5, 5.41) is 11.3. The summed E-state index contributed by atoms with van der Waals surface area (Å²) in [4.78, 5) is 10.4. The van der Waals surface area contributed by atoms with E-state index in [-0.39, 0.29) is 5.69 Å². The SMILES string of the molecule is Cc1cc(S)c([N+](=O)[O-])cc1P. The molecular weight excluding hydrogens is 193 g/mol. The summed E-state index contributed by atoms with van der Waals surface area (Å²) in [6, 6.07) is 3.19. The predicted molar refractivity (Wildman–Crippen MR) is 54.4 cm³/mol. The van der Waals surface area contributed by atoms with E-state index < -0.39 is 4.92 Å². The van der Waals surface area contributed by atoms with Crippen molar-refractivity contribution in [3.05, 3.63) is 27.8 Å². The molecule has 0 aromatic heterocycles. The largest absolute Gasteiger partial charge is 0.283 e. The molecule has 0 N–H and O–H groups in total. The maximum atomic E-state index is 10.4. The number of hydrogen-bond donors (Lipinski definition) is 1. The molecule has 0 amide bonds. The van der Waals surface area contributed by atoms with Gasteiger partial charge in [0.1, 0.15) is 0 Å². The third kappa shape index (κ3) is 1.76. The Morgan fingerprint density at radius 1 is 1.58 bits per heavy atom. The van der Waals surface area contributed by atoms with Crippen LogP contribution >= 0.6 is 21.9 Å². The van der Waals surface area contributed by atoms with Crippen molar-refractivity contribution >= 4 is 32.9 Å². The average molecular weight is 201 g/mol. The molecule has 12 heavy (non-hydrogen) atoms. The molecule has 0 bridgehead atoms.